The number of hydrogen-bond donors (Lipinski definition) is 0. The van der Waals surface area contributed by atoms with Gasteiger partial charge in [0.15, 0.2) is 0 Å². The van der Waals surface area contributed by atoms with E-state index in [9.17, 15) is 0 Å². The van der Waals surface area contributed by atoms with Crippen molar-refractivity contribution in [2.45, 2.75) is 37.9 Å². The van der Waals surface area contributed by atoms with Gasteiger partial charge in [-0.3, -0.25) is 0 Å². The van der Waals surface area contributed by atoms with Crippen LogP contribution >= 0.6 is 11.8 Å². The van der Waals surface area contributed by atoms with Gasteiger partial charge < -0.3 is 9.47 Å². The first-order valence-corrected chi connectivity index (χ1v) is 8.91. The Morgan fingerprint density at radius 3 is 3.04 bits per heavy atom. The largest absolute Gasteiger partial charge is 0.378 e. The Morgan fingerprint density at radius 1 is 1.35 bits per heavy atom. The van der Waals surface area contributed by atoms with E-state index in [-0.39, 0.29) is 6.10 Å². The third kappa shape index (κ3) is 4.31. The van der Waals surface area contributed by atoms with Crippen molar-refractivity contribution in [1.29, 1.82) is 0 Å². The number of benzene rings is 1. The maximum atomic E-state index is 5.67. The zero-order valence-electron chi connectivity index (χ0n) is 13.6. The number of thioether (sulfide) groups is 1. The van der Waals surface area contributed by atoms with E-state index in [1.165, 1.54) is 11.1 Å². The lowest BCUT2D eigenvalue weighted by atomic mass is 10.1. The lowest BCUT2D eigenvalue weighted by Gasteiger charge is -2.10. The van der Waals surface area contributed by atoms with Crippen molar-refractivity contribution in [3.05, 3.63) is 29.3 Å². The van der Waals surface area contributed by atoms with Gasteiger partial charge in [-0.15, -0.1) is 5.10 Å². The van der Waals surface area contributed by atoms with E-state index in [0.717, 1.165) is 36.0 Å². The molecule has 0 amide bonds. The topological polar surface area (TPSA) is 62.1 Å². The Bertz CT molecular complexity index is 641. The predicted octanol–water partition coefficient (Wildman–Crippen LogP) is 2.57. The monoisotopic (exact) mass is 334 g/mol. The number of tetrazole rings is 1. The van der Waals surface area contributed by atoms with Crippen LogP contribution in [0.25, 0.3) is 5.69 Å². The highest BCUT2D eigenvalue weighted by atomic mass is 32.2. The number of hydrogen-bond acceptors (Lipinski definition) is 6. The third-order valence-corrected chi connectivity index (χ3v) is 4.85. The molecule has 3 rings (SSSR count). The SMILES string of the molecule is Cc1ccc(-n2nnnc2SCCOCC2CCCO2)cc1C. The maximum Gasteiger partial charge on any atom is 0.214 e. The van der Waals surface area contributed by atoms with Crippen molar-refractivity contribution < 1.29 is 9.47 Å². The zero-order chi connectivity index (χ0) is 16.1. The first-order valence-electron chi connectivity index (χ1n) is 7.92. The van der Waals surface area contributed by atoms with Crippen LogP contribution in [0.5, 0.6) is 0 Å². The van der Waals surface area contributed by atoms with Crippen LogP contribution in [0, 0.1) is 13.8 Å². The van der Waals surface area contributed by atoms with Gasteiger partial charge in [-0.2, -0.15) is 4.68 Å². The maximum absolute atomic E-state index is 5.67. The molecule has 2 aromatic rings. The molecule has 0 spiro atoms. The minimum Gasteiger partial charge on any atom is -0.378 e. The Balaban J connectivity index is 1.51. The van der Waals surface area contributed by atoms with Crippen molar-refractivity contribution in [3.8, 4) is 5.69 Å². The van der Waals surface area contributed by atoms with Crippen molar-refractivity contribution >= 4 is 11.8 Å². The second kappa shape index (κ2) is 7.90. The first-order chi connectivity index (χ1) is 11.2. The lowest BCUT2D eigenvalue weighted by Crippen LogP contribution is -2.15. The molecule has 1 aliphatic rings. The summed E-state index contributed by atoms with van der Waals surface area (Å²) in [5.74, 6) is 0.817. The van der Waals surface area contributed by atoms with E-state index < -0.39 is 0 Å². The molecule has 124 valence electrons. The Hall–Kier alpha value is -1.44. The summed E-state index contributed by atoms with van der Waals surface area (Å²) in [5.41, 5.74) is 3.48. The van der Waals surface area contributed by atoms with Crippen LogP contribution < -0.4 is 0 Å². The molecule has 1 aliphatic heterocycles. The summed E-state index contributed by atoms with van der Waals surface area (Å²) < 4.78 is 13.0. The van der Waals surface area contributed by atoms with Gasteiger partial charge in [0.1, 0.15) is 0 Å². The van der Waals surface area contributed by atoms with E-state index in [4.69, 9.17) is 9.47 Å². The molecule has 6 nitrogen and oxygen atoms in total. The fourth-order valence-corrected chi connectivity index (χ4v) is 3.21. The highest BCUT2D eigenvalue weighted by Crippen LogP contribution is 2.20. The summed E-state index contributed by atoms with van der Waals surface area (Å²) in [6.45, 7) is 6.41. The minimum absolute atomic E-state index is 0.279. The Morgan fingerprint density at radius 2 is 2.26 bits per heavy atom. The third-order valence-electron chi connectivity index (χ3n) is 3.96. The minimum atomic E-state index is 0.279. The molecule has 23 heavy (non-hydrogen) atoms. The molecule has 0 radical (unpaired) electrons. The van der Waals surface area contributed by atoms with Crippen LogP contribution in [-0.4, -0.2) is 51.9 Å². The second-order valence-electron chi connectivity index (χ2n) is 5.70. The molecule has 1 fully saturated rings. The normalized spacial score (nSPS) is 17.7. The van der Waals surface area contributed by atoms with E-state index in [1.807, 2.05) is 6.07 Å². The summed E-state index contributed by atoms with van der Waals surface area (Å²) in [6, 6.07) is 6.23. The quantitative estimate of drug-likeness (QED) is 0.573. The van der Waals surface area contributed by atoms with Crippen molar-refractivity contribution in [2.24, 2.45) is 0 Å². The van der Waals surface area contributed by atoms with Crippen LogP contribution in [0.3, 0.4) is 0 Å². The van der Waals surface area contributed by atoms with Crippen LogP contribution in [0.1, 0.15) is 24.0 Å². The summed E-state index contributed by atoms with van der Waals surface area (Å²) in [7, 11) is 0. The van der Waals surface area contributed by atoms with Gasteiger partial charge in [0.2, 0.25) is 5.16 Å². The van der Waals surface area contributed by atoms with E-state index in [1.54, 1.807) is 16.4 Å². The lowest BCUT2D eigenvalue weighted by molar-refractivity contribution is 0.0226. The van der Waals surface area contributed by atoms with Crippen molar-refractivity contribution in [2.75, 3.05) is 25.6 Å². The highest BCUT2D eigenvalue weighted by molar-refractivity contribution is 7.99. The standard InChI is InChI=1S/C16H22N4O2S/c1-12-5-6-14(10-13(12)2)20-16(17-18-19-20)23-9-8-21-11-15-4-3-7-22-15/h5-6,10,15H,3-4,7-9,11H2,1-2H3. The fourth-order valence-electron chi connectivity index (χ4n) is 2.47. The molecule has 7 heteroatoms. The predicted molar refractivity (Wildman–Crippen MR) is 89.1 cm³/mol. The molecule has 1 saturated heterocycles. The summed E-state index contributed by atoms with van der Waals surface area (Å²) in [5, 5.41) is 12.8. The molecule has 0 bridgehead atoms. The fraction of sp³-hybridized carbons (Fsp3) is 0.562. The Labute approximate surface area is 140 Å². The van der Waals surface area contributed by atoms with Gasteiger partial charge in [0.25, 0.3) is 0 Å². The highest BCUT2D eigenvalue weighted by Gasteiger charge is 2.15. The number of nitrogens with zero attached hydrogens (tertiary/aromatic N) is 4. The summed E-state index contributed by atoms with van der Waals surface area (Å²) >= 11 is 1.60. The van der Waals surface area contributed by atoms with E-state index in [2.05, 4.69) is 41.5 Å². The number of ether oxygens (including phenoxy) is 2. The molecular formula is C16H22N4O2S. The number of aryl methyl sites for hydroxylation is 2. The molecule has 0 N–H and O–H groups in total. The molecular weight excluding hydrogens is 312 g/mol. The van der Waals surface area contributed by atoms with Gasteiger partial charge in [-0.05, 0) is 60.4 Å². The summed E-state index contributed by atoms with van der Waals surface area (Å²) in [4.78, 5) is 0. The van der Waals surface area contributed by atoms with Gasteiger partial charge in [0.05, 0.1) is 25.0 Å². The van der Waals surface area contributed by atoms with Gasteiger partial charge in [-0.25, -0.2) is 0 Å². The average molecular weight is 334 g/mol. The van der Waals surface area contributed by atoms with Gasteiger partial charge in [-0.1, -0.05) is 17.8 Å². The number of aromatic nitrogens is 4. The average Bonchev–Trinajstić information content (AvgIpc) is 3.21. The Kier molecular flexibility index (Phi) is 5.64. The van der Waals surface area contributed by atoms with Crippen LogP contribution in [0.4, 0.5) is 0 Å². The van der Waals surface area contributed by atoms with E-state index >= 15 is 0 Å². The van der Waals surface area contributed by atoms with Crippen molar-refractivity contribution in [3.63, 3.8) is 0 Å². The molecule has 1 atom stereocenters. The van der Waals surface area contributed by atoms with Crippen LogP contribution in [0.2, 0.25) is 0 Å². The second-order valence-corrected chi connectivity index (χ2v) is 6.76. The molecule has 1 aromatic heterocycles. The van der Waals surface area contributed by atoms with Crippen molar-refractivity contribution in [1.82, 2.24) is 20.2 Å². The first kappa shape index (κ1) is 16.4. The molecule has 0 saturated carbocycles. The van der Waals surface area contributed by atoms with Gasteiger partial charge >= 0.3 is 0 Å². The van der Waals surface area contributed by atoms with Crippen LogP contribution in [0.15, 0.2) is 23.4 Å². The molecule has 2 heterocycles. The molecule has 1 unspecified atom stereocenters. The molecule has 1 aromatic carbocycles. The zero-order valence-corrected chi connectivity index (χ0v) is 14.4. The smallest absolute Gasteiger partial charge is 0.214 e. The summed E-state index contributed by atoms with van der Waals surface area (Å²) in [6.07, 6.45) is 2.53. The van der Waals surface area contributed by atoms with Crippen LogP contribution in [-0.2, 0) is 9.47 Å². The van der Waals surface area contributed by atoms with Gasteiger partial charge in [0, 0.05) is 12.4 Å². The number of rotatable bonds is 7. The van der Waals surface area contributed by atoms with E-state index in [0.29, 0.717) is 13.2 Å². The molecule has 0 aliphatic carbocycles.